The topological polar surface area (TPSA) is 54.5 Å². The molecule has 2 aromatic rings. The Hall–Kier alpha value is -2.63. The number of amides is 1. The summed E-state index contributed by atoms with van der Waals surface area (Å²) in [6, 6.07) is 7.02. The lowest BCUT2D eigenvalue weighted by Crippen LogP contribution is -2.33. The number of carbonyl (C=O) groups is 1. The Bertz CT molecular complexity index is 901. The minimum atomic E-state index is -0.409. The first kappa shape index (κ1) is 19.7. The summed E-state index contributed by atoms with van der Waals surface area (Å²) in [6.07, 6.45) is 3.74. The van der Waals surface area contributed by atoms with Crippen molar-refractivity contribution in [2.75, 3.05) is 16.8 Å². The van der Waals surface area contributed by atoms with E-state index in [0.29, 0.717) is 18.2 Å². The van der Waals surface area contributed by atoms with E-state index in [1.165, 1.54) is 11.6 Å². The molecule has 2 aliphatic rings. The van der Waals surface area contributed by atoms with Gasteiger partial charge in [0.05, 0.1) is 11.4 Å². The third-order valence-electron chi connectivity index (χ3n) is 6.00. The lowest BCUT2D eigenvalue weighted by Gasteiger charge is -2.34. The lowest BCUT2D eigenvalue weighted by molar-refractivity contribution is 0.114. The number of hydrogen-bond acceptors (Lipinski definition) is 4. The zero-order chi connectivity index (χ0) is 20.5. The van der Waals surface area contributed by atoms with Crippen LogP contribution < -0.4 is 10.2 Å². The number of ether oxygens (including phenoxy) is 1. The average molecular weight is 397 g/mol. The molecule has 1 aliphatic carbocycles. The van der Waals surface area contributed by atoms with Crippen LogP contribution in [0.4, 0.5) is 20.7 Å². The van der Waals surface area contributed by atoms with Crippen LogP contribution in [0.3, 0.4) is 0 Å². The highest BCUT2D eigenvalue weighted by atomic mass is 19.1. The Labute approximate surface area is 171 Å². The normalized spacial score (nSPS) is 19.2. The van der Waals surface area contributed by atoms with Crippen LogP contribution in [0, 0.1) is 19.7 Å². The van der Waals surface area contributed by atoms with Crippen LogP contribution in [-0.2, 0) is 11.3 Å². The number of halogens is 1. The summed E-state index contributed by atoms with van der Waals surface area (Å²) in [7, 11) is 0. The van der Waals surface area contributed by atoms with Gasteiger partial charge < -0.3 is 9.64 Å². The second-order valence-corrected chi connectivity index (χ2v) is 8.32. The van der Waals surface area contributed by atoms with Crippen molar-refractivity contribution < 1.29 is 13.9 Å². The number of rotatable bonds is 3. The molecule has 1 fully saturated rings. The molecule has 1 aliphatic heterocycles. The number of anilines is 2. The van der Waals surface area contributed by atoms with E-state index in [0.717, 1.165) is 54.9 Å². The molecule has 1 aromatic heterocycles. The zero-order valence-corrected chi connectivity index (χ0v) is 17.3. The summed E-state index contributed by atoms with van der Waals surface area (Å²) >= 11 is 0. The molecular weight excluding hydrogens is 369 g/mol. The molecule has 1 saturated carbocycles. The maximum Gasteiger partial charge on any atom is 0.411 e. The fourth-order valence-electron chi connectivity index (χ4n) is 4.52. The van der Waals surface area contributed by atoms with Crippen molar-refractivity contribution in [1.82, 2.24) is 4.98 Å². The van der Waals surface area contributed by atoms with Crippen molar-refractivity contribution in [3.8, 4) is 0 Å². The molecule has 0 bridgehead atoms. The van der Waals surface area contributed by atoms with Crippen LogP contribution in [0.15, 0.2) is 24.3 Å². The number of nitrogens with zero attached hydrogens (tertiary/aromatic N) is 2. The number of carbonyl (C=O) groups excluding carboxylic acids is 1. The number of pyridine rings is 1. The zero-order valence-electron chi connectivity index (χ0n) is 17.3. The molecule has 4 rings (SSSR count). The van der Waals surface area contributed by atoms with Gasteiger partial charge in [0.2, 0.25) is 0 Å². The molecule has 2 heterocycles. The van der Waals surface area contributed by atoms with E-state index in [4.69, 9.17) is 9.72 Å². The molecule has 1 N–H and O–H groups in total. The van der Waals surface area contributed by atoms with Gasteiger partial charge in [0.1, 0.15) is 17.7 Å². The van der Waals surface area contributed by atoms with Crippen molar-refractivity contribution in [2.24, 2.45) is 0 Å². The summed E-state index contributed by atoms with van der Waals surface area (Å²) in [5.74, 6) is 0.927. The van der Waals surface area contributed by atoms with Crippen LogP contribution in [0.2, 0.25) is 0 Å². The monoisotopic (exact) mass is 397 g/mol. The molecule has 1 amide bonds. The summed E-state index contributed by atoms with van der Waals surface area (Å²) in [5, 5.41) is 2.88. The van der Waals surface area contributed by atoms with Gasteiger partial charge in [-0.15, -0.1) is 0 Å². The number of aryl methyl sites for hydroxylation is 2. The number of aromatic nitrogens is 1. The minimum Gasteiger partial charge on any atom is -0.446 e. The van der Waals surface area contributed by atoms with Gasteiger partial charge in [-0.1, -0.05) is 13.0 Å². The van der Waals surface area contributed by atoms with Crippen molar-refractivity contribution in [3.05, 3.63) is 52.5 Å². The standard InChI is InChI=1S/C23H28FN3O2/c1-14-10-21(27-12-15(2)20-9-8-18(24)11-17(20)13-27)25-16(3)22(14)26-23(28)29-19-6-4-5-7-19/h8-11,15,19H,4-7,12-13H2,1-3H3,(H,26,28). The molecule has 29 heavy (non-hydrogen) atoms. The van der Waals surface area contributed by atoms with Crippen molar-refractivity contribution in [3.63, 3.8) is 0 Å². The first-order valence-corrected chi connectivity index (χ1v) is 10.4. The van der Waals surface area contributed by atoms with Gasteiger partial charge in [0.15, 0.2) is 0 Å². The average Bonchev–Trinajstić information content (AvgIpc) is 3.17. The first-order valence-electron chi connectivity index (χ1n) is 10.4. The summed E-state index contributed by atoms with van der Waals surface area (Å²) in [4.78, 5) is 19.2. The Kier molecular flexibility index (Phi) is 5.43. The molecule has 154 valence electrons. The molecule has 1 atom stereocenters. The number of fused-ring (bicyclic) bond motifs is 1. The van der Waals surface area contributed by atoms with Gasteiger partial charge in [-0.3, -0.25) is 5.32 Å². The summed E-state index contributed by atoms with van der Waals surface area (Å²) < 4.78 is 19.2. The van der Waals surface area contributed by atoms with Gasteiger partial charge >= 0.3 is 6.09 Å². The highest BCUT2D eigenvalue weighted by Gasteiger charge is 2.25. The van der Waals surface area contributed by atoms with E-state index < -0.39 is 6.09 Å². The third kappa shape index (κ3) is 4.21. The van der Waals surface area contributed by atoms with Crippen LogP contribution >= 0.6 is 0 Å². The van der Waals surface area contributed by atoms with Crippen LogP contribution in [0.25, 0.3) is 0 Å². The van der Waals surface area contributed by atoms with E-state index in [1.807, 2.05) is 26.0 Å². The maximum atomic E-state index is 13.7. The van der Waals surface area contributed by atoms with Gasteiger partial charge in [0.25, 0.3) is 0 Å². The lowest BCUT2D eigenvalue weighted by atomic mass is 9.91. The predicted molar refractivity (Wildman–Crippen MR) is 112 cm³/mol. The van der Waals surface area contributed by atoms with E-state index in [-0.39, 0.29) is 11.9 Å². The third-order valence-corrected chi connectivity index (χ3v) is 6.00. The second kappa shape index (κ2) is 8.01. The van der Waals surface area contributed by atoms with Crippen LogP contribution in [-0.4, -0.2) is 23.7 Å². The molecule has 1 aromatic carbocycles. The Morgan fingerprint density at radius 2 is 2.00 bits per heavy atom. The van der Waals surface area contributed by atoms with Gasteiger partial charge in [-0.05, 0) is 80.3 Å². The second-order valence-electron chi connectivity index (χ2n) is 8.32. The Morgan fingerprint density at radius 1 is 1.24 bits per heavy atom. The number of benzene rings is 1. The summed E-state index contributed by atoms with van der Waals surface area (Å²) in [5.41, 5.74) is 4.59. The fourth-order valence-corrected chi connectivity index (χ4v) is 4.52. The highest BCUT2D eigenvalue weighted by Crippen LogP contribution is 2.33. The molecule has 0 saturated heterocycles. The molecule has 5 nitrogen and oxygen atoms in total. The van der Waals surface area contributed by atoms with Crippen LogP contribution in [0.5, 0.6) is 0 Å². The minimum absolute atomic E-state index is 0.0261. The molecule has 1 unspecified atom stereocenters. The van der Waals surface area contributed by atoms with E-state index in [1.54, 1.807) is 6.07 Å². The van der Waals surface area contributed by atoms with E-state index in [9.17, 15) is 9.18 Å². The first-order chi connectivity index (χ1) is 13.9. The van der Waals surface area contributed by atoms with Crippen molar-refractivity contribution in [2.45, 2.75) is 65.0 Å². The summed E-state index contributed by atoms with van der Waals surface area (Å²) in [6.45, 7) is 7.45. The van der Waals surface area contributed by atoms with Crippen molar-refractivity contribution in [1.29, 1.82) is 0 Å². The molecule has 6 heteroatoms. The maximum absolute atomic E-state index is 13.7. The molecule has 0 spiro atoms. The fraction of sp³-hybridized carbons (Fsp3) is 0.478. The quantitative estimate of drug-likeness (QED) is 0.748. The predicted octanol–water partition coefficient (Wildman–Crippen LogP) is 5.45. The molecule has 0 radical (unpaired) electrons. The van der Waals surface area contributed by atoms with Crippen molar-refractivity contribution >= 4 is 17.6 Å². The number of nitrogens with one attached hydrogen (secondary N) is 1. The Balaban J connectivity index is 1.51. The van der Waals surface area contributed by atoms with Gasteiger partial charge in [-0.25, -0.2) is 14.2 Å². The van der Waals surface area contributed by atoms with E-state index in [2.05, 4.69) is 17.1 Å². The SMILES string of the molecule is Cc1cc(N2Cc3cc(F)ccc3C(C)C2)nc(C)c1NC(=O)OC1CCCC1. The van der Waals surface area contributed by atoms with Gasteiger partial charge in [0, 0.05) is 13.1 Å². The Morgan fingerprint density at radius 3 is 2.72 bits per heavy atom. The van der Waals surface area contributed by atoms with Crippen LogP contribution in [0.1, 0.15) is 60.9 Å². The number of hydrogen-bond donors (Lipinski definition) is 1. The molecular formula is C23H28FN3O2. The van der Waals surface area contributed by atoms with E-state index >= 15 is 0 Å². The largest absolute Gasteiger partial charge is 0.446 e. The smallest absolute Gasteiger partial charge is 0.411 e. The van der Waals surface area contributed by atoms with Gasteiger partial charge in [-0.2, -0.15) is 0 Å². The highest BCUT2D eigenvalue weighted by molar-refractivity contribution is 5.87.